The van der Waals surface area contributed by atoms with Crippen LogP contribution in [-0.2, 0) is 16.0 Å². The van der Waals surface area contributed by atoms with Crippen LogP contribution >= 0.6 is 11.6 Å². The Labute approximate surface area is 149 Å². The number of amides is 1. The molecule has 2 aromatic rings. The molecular weight excluding hydrogens is 345 g/mol. The predicted molar refractivity (Wildman–Crippen MR) is 93.3 cm³/mol. The first-order valence-electron chi connectivity index (χ1n) is 8.01. The number of halogens is 2. The topological polar surface area (TPSA) is 66.4 Å². The van der Waals surface area contributed by atoms with Crippen LogP contribution in [-0.4, -0.2) is 17.0 Å². The van der Waals surface area contributed by atoms with Crippen molar-refractivity contribution in [1.29, 1.82) is 0 Å². The molecule has 2 aromatic carbocycles. The van der Waals surface area contributed by atoms with Crippen molar-refractivity contribution in [3.63, 3.8) is 0 Å². The molecule has 0 aliphatic heterocycles. The Morgan fingerprint density at radius 2 is 1.92 bits per heavy atom. The Morgan fingerprint density at radius 3 is 2.56 bits per heavy atom. The molecule has 4 nitrogen and oxygen atoms in total. The Kier molecular flexibility index (Phi) is 5.04. The SMILES string of the molecule is O=C(O)CCc1ccc(NC(=O)C2CC2c2c(F)cccc2Cl)cc1. The van der Waals surface area contributed by atoms with Crippen molar-refractivity contribution in [3.8, 4) is 0 Å². The minimum Gasteiger partial charge on any atom is -0.481 e. The highest BCUT2D eigenvalue weighted by Crippen LogP contribution is 2.50. The van der Waals surface area contributed by atoms with Gasteiger partial charge in [-0.2, -0.15) is 0 Å². The number of aliphatic carboxylic acids is 1. The molecule has 1 aliphatic carbocycles. The quantitative estimate of drug-likeness (QED) is 0.808. The molecule has 2 unspecified atom stereocenters. The van der Waals surface area contributed by atoms with Gasteiger partial charge in [-0.3, -0.25) is 9.59 Å². The average Bonchev–Trinajstić information content (AvgIpc) is 3.34. The van der Waals surface area contributed by atoms with Gasteiger partial charge in [-0.05, 0) is 42.7 Å². The van der Waals surface area contributed by atoms with Crippen molar-refractivity contribution in [2.24, 2.45) is 5.92 Å². The molecule has 3 rings (SSSR count). The van der Waals surface area contributed by atoms with E-state index in [1.807, 2.05) is 0 Å². The highest BCUT2D eigenvalue weighted by atomic mass is 35.5. The number of hydrogen-bond acceptors (Lipinski definition) is 2. The van der Waals surface area contributed by atoms with Crippen LogP contribution in [0.1, 0.15) is 29.9 Å². The van der Waals surface area contributed by atoms with Gasteiger partial charge >= 0.3 is 5.97 Å². The molecule has 6 heteroatoms. The third kappa shape index (κ3) is 4.17. The van der Waals surface area contributed by atoms with Gasteiger partial charge in [-0.1, -0.05) is 29.8 Å². The summed E-state index contributed by atoms with van der Waals surface area (Å²) in [5.74, 6) is -1.87. The van der Waals surface area contributed by atoms with E-state index in [9.17, 15) is 14.0 Å². The van der Waals surface area contributed by atoms with E-state index in [4.69, 9.17) is 16.7 Å². The van der Waals surface area contributed by atoms with Gasteiger partial charge < -0.3 is 10.4 Å². The fourth-order valence-corrected chi connectivity index (χ4v) is 3.21. The van der Waals surface area contributed by atoms with Crippen molar-refractivity contribution in [3.05, 3.63) is 64.4 Å². The summed E-state index contributed by atoms with van der Waals surface area (Å²) in [6, 6.07) is 11.6. The highest BCUT2D eigenvalue weighted by Gasteiger charge is 2.46. The second kappa shape index (κ2) is 7.23. The van der Waals surface area contributed by atoms with Gasteiger partial charge in [0.15, 0.2) is 0 Å². The number of carbonyl (C=O) groups is 2. The van der Waals surface area contributed by atoms with Crippen molar-refractivity contribution in [2.75, 3.05) is 5.32 Å². The van der Waals surface area contributed by atoms with Crippen LogP contribution in [0.3, 0.4) is 0 Å². The molecule has 0 aromatic heterocycles. The van der Waals surface area contributed by atoms with Crippen molar-refractivity contribution >= 4 is 29.2 Å². The van der Waals surface area contributed by atoms with E-state index in [2.05, 4.69) is 5.32 Å². The van der Waals surface area contributed by atoms with Crippen molar-refractivity contribution in [2.45, 2.75) is 25.2 Å². The summed E-state index contributed by atoms with van der Waals surface area (Å²) in [5, 5.41) is 11.8. The van der Waals surface area contributed by atoms with E-state index >= 15 is 0 Å². The molecule has 2 N–H and O–H groups in total. The molecule has 130 valence electrons. The van der Waals surface area contributed by atoms with Crippen LogP contribution in [0.25, 0.3) is 0 Å². The van der Waals surface area contributed by atoms with E-state index in [0.29, 0.717) is 29.1 Å². The van der Waals surface area contributed by atoms with Gasteiger partial charge in [0, 0.05) is 34.5 Å². The van der Waals surface area contributed by atoms with E-state index in [-0.39, 0.29) is 30.0 Å². The molecule has 0 saturated heterocycles. The molecular formula is C19H17ClFNO3. The Balaban J connectivity index is 1.59. The summed E-state index contributed by atoms with van der Waals surface area (Å²) in [7, 11) is 0. The first kappa shape index (κ1) is 17.4. The summed E-state index contributed by atoms with van der Waals surface area (Å²) in [6.45, 7) is 0. The number of anilines is 1. The second-order valence-corrected chi connectivity index (χ2v) is 6.57. The lowest BCUT2D eigenvalue weighted by Gasteiger charge is -2.07. The maximum atomic E-state index is 13.9. The fraction of sp³-hybridized carbons (Fsp3) is 0.263. The summed E-state index contributed by atoms with van der Waals surface area (Å²) < 4.78 is 13.9. The molecule has 1 saturated carbocycles. The zero-order valence-corrected chi connectivity index (χ0v) is 14.1. The standard InChI is InChI=1S/C19H17ClFNO3/c20-15-2-1-3-16(21)18(15)13-10-14(13)19(25)22-12-7-4-11(5-8-12)6-9-17(23)24/h1-5,7-8,13-14H,6,9-10H2,(H,22,25)(H,23,24). The lowest BCUT2D eigenvalue weighted by Crippen LogP contribution is -2.14. The van der Waals surface area contributed by atoms with E-state index in [1.54, 1.807) is 36.4 Å². The summed E-state index contributed by atoms with van der Waals surface area (Å²) in [5.41, 5.74) is 1.94. The molecule has 0 bridgehead atoms. The summed E-state index contributed by atoms with van der Waals surface area (Å²) >= 11 is 6.05. The highest BCUT2D eigenvalue weighted by molar-refractivity contribution is 6.31. The molecule has 0 radical (unpaired) electrons. The average molecular weight is 362 g/mol. The summed E-state index contributed by atoms with van der Waals surface area (Å²) in [6.07, 6.45) is 1.09. The number of hydrogen-bond donors (Lipinski definition) is 2. The Hall–Kier alpha value is -2.40. The number of carbonyl (C=O) groups excluding carboxylic acids is 1. The molecule has 0 heterocycles. The van der Waals surface area contributed by atoms with Crippen LogP contribution in [0.5, 0.6) is 0 Å². The van der Waals surface area contributed by atoms with Gasteiger partial charge in [0.1, 0.15) is 5.82 Å². The van der Waals surface area contributed by atoms with E-state index in [0.717, 1.165) is 5.56 Å². The number of carboxylic acid groups (broad SMARTS) is 1. The third-order valence-corrected chi connectivity index (χ3v) is 4.68. The van der Waals surface area contributed by atoms with Gasteiger partial charge in [-0.15, -0.1) is 0 Å². The van der Waals surface area contributed by atoms with E-state index < -0.39 is 5.97 Å². The molecule has 2 atom stereocenters. The maximum absolute atomic E-state index is 13.9. The van der Waals surface area contributed by atoms with Gasteiger partial charge in [0.2, 0.25) is 5.91 Å². The van der Waals surface area contributed by atoms with Gasteiger partial charge in [0.25, 0.3) is 0 Å². The minimum absolute atomic E-state index is 0.0683. The lowest BCUT2D eigenvalue weighted by molar-refractivity contribution is -0.137. The zero-order chi connectivity index (χ0) is 18.0. The number of nitrogens with one attached hydrogen (secondary N) is 1. The monoisotopic (exact) mass is 361 g/mol. The van der Waals surface area contributed by atoms with Crippen LogP contribution < -0.4 is 5.32 Å². The predicted octanol–water partition coefficient (Wildman–Crippen LogP) is 4.24. The minimum atomic E-state index is -0.844. The van der Waals surface area contributed by atoms with Crippen LogP contribution in [0, 0.1) is 11.7 Å². The molecule has 25 heavy (non-hydrogen) atoms. The lowest BCUT2D eigenvalue weighted by atomic mass is 10.1. The summed E-state index contributed by atoms with van der Waals surface area (Å²) in [4.78, 5) is 22.9. The maximum Gasteiger partial charge on any atom is 0.303 e. The van der Waals surface area contributed by atoms with Crippen LogP contribution in [0.2, 0.25) is 5.02 Å². The molecule has 1 aliphatic rings. The van der Waals surface area contributed by atoms with Gasteiger partial charge in [0.05, 0.1) is 0 Å². The van der Waals surface area contributed by atoms with Crippen molar-refractivity contribution < 1.29 is 19.1 Å². The number of carboxylic acids is 1. The first-order chi connectivity index (χ1) is 12.0. The Bertz CT molecular complexity index is 787. The number of rotatable bonds is 6. The largest absolute Gasteiger partial charge is 0.481 e. The van der Waals surface area contributed by atoms with E-state index in [1.165, 1.54) is 6.07 Å². The molecule has 0 spiro atoms. The van der Waals surface area contributed by atoms with Crippen LogP contribution in [0.15, 0.2) is 42.5 Å². The third-order valence-electron chi connectivity index (χ3n) is 4.35. The zero-order valence-electron chi connectivity index (χ0n) is 13.3. The molecule has 1 amide bonds. The Morgan fingerprint density at radius 1 is 1.20 bits per heavy atom. The normalized spacial score (nSPS) is 18.6. The first-order valence-corrected chi connectivity index (χ1v) is 8.39. The number of benzene rings is 2. The van der Waals surface area contributed by atoms with Gasteiger partial charge in [-0.25, -0.2) is 4.39 Å². The molecule has 1 fully saturated rings. The smallest absolute Gasteiger partial charge is 0.303 e. The van der Waals surface area contributed by atoms with Crippen molar-refractivity contribution in [1.82, 2.24) is 0 Å². The second-order valence-electron chi connectivity index (χ2n) is 6.16. The van der Waals surface area contributed by atoms with Crippen LogP contribution in [0.4, 0.5) is 10.1 Å². The fourth-order valence-electron chi connectivity index (χ4n) is 2.91. The number of aryl methyl sites for hydroxylation is 1.